The van der Waals surface area contributed by atoms with Gasteiger partial charge in [0.15, 0.2) is 0 Å². The second-order valence-corrected chi connectivity index (χ2v) is 2.51. The molecule has 0 fully saturated rings. The molecule has 0 aromatic carbocycles. The molecule has 0 aromatic rings. The summed E-state index contributed by atoms with van der Waals surface area (Å²) in [6.07, 6.45) is 2.09. The van der Waals surface area contributed by atoms with Crippen molar-refractivity contribution < 1.29 is 19.1 Å². The molecule has 0 saturated heterocycles. The Morgan fingerprint density at radius 2 is 2.21 bits per heavy atom. The number of carbonyl (C=O) groups is 2. The van der Waals surface area contributed by atoms with Crippen LogP contribution in [0.5, 0.6) is 0 Å². The van der Waals surface area contributed by atoms with E-state index in [1.165, 1.54) is 6.08 Å². The van der Waals surface area contributed by atoms with Crippen molar-refractivity contribution >= 4 is 17.5 Å². The fourth-order valence-electron chi connectivity index (χ4n) is 0.759. The summed E-state index contributed by atoms with van der Waals surface area (Å²) in [4.78, 5) is 24.8. The number of ether oxygens (including phenoxy) is 1. The fourth-order valence-corrected chi connectivity index (χ4v) is 0.759. The summed E-state index contributed by atoms with van der Waals surface area (Å²) in [6, 6.07) is 0. The molecule has 0 aliphatic carbocycles. The van der Waals surface area contributed by atoms with Gasteiger partial charge in [-0.05, 0) is 6.42 Å². The molecule has 0 rings (SSSR count). The van der Waals surface area contributed by atoms with Gasteiger partial charge in [0.2, 0.25) is 0 Å². The Labute approximate surface area is 82.0 Å². The van der Waals surface area contributed by atoms with Crippen molar-refractivity contribution in [1.82, 2.24) is 0 Å². The molecule has 0 N–H and O–H groups in total. The topological polar surface area (TPSA) is 79.8 Å². The van der Waals surface area contributed by atoms with E-state index in [9.17, 15) is 9.59 Å². The van der Waals surface area contributed by atoms with Crippen LogP contribution >= 0.6 is 0 Å². The number of rotatable bonds is 6. The first-order valence-corrected chi connectivity index (χ1v) is 4.20. The van der Waals surface area contributed by atoms with Gasteiger partial charge in [-0.15, -0.1) is 0 Å². The van der Waals surface area contributed by atoms with Gasteiger partial charge in [0.05, 0.1) is 0 Å². The molecule has 0 bridgehead atoms. The van der Waals surface area contributed by atoms with Gasteiger partial charge < -0.3 is 10.3 Å². The Kier molecular flexibility index (Phi) is 5.90. The van der Waals surface area contributed by atoms with Gasteiger partial charge in [0.1, 0.15) is 6.61 Å². The summed E-state index contributed by atoms with van der Waals surface area (Å²) in [5, 5.41) is 0. The van der Waals surface area contributed by atoms with Crippen LogP contribution in [-0.4, -0.2) is 28.9 Å². The molecule has 0 aliphatic rings. The summed E-state index contributed by atoms with van der Waals surface area (Å²) >= 11 is 0. The molecule has 76 valence electrons. The SMILES string of the molecule is C=CCOC(=O)C(=[N+]=[N-])C(=O)CCC. The molecule has 0 aromatic heterocycles. The van der Waals surface area contributed by atoms with E-state index in [-0.39, 0.29) is 13.0 Å². The van der Waals surface area contributed by atoms with E-state index in [0.717, 1.165) is 0 Å². The maximum absolute atomic E-state index is 11.2. The lowest BCUT2D eigenvalue weighted by Gasteiger charge is -1.95. The molecule has 0 atom stereocenters. The van der Waals surface area contributed by atoms with E-state index >= 15 is 0 Å². The van der Waals surface area contributed by atoms with Crippen molar-refractivity contribution in [2.75, 3.05) is 6.61 Å². The highest BCUT2D eigenvalue weighted by Gasteiger charge is 2.29. The molecule has 0 saturated carbocycles. The molecule has 0 unspecified atom stereocenters. The van der Waals surface area contributed by atoms with Crippen LogP contribution in [0, 0.1) is 0 Å². The third-order valence-electron chi connectivity index (χ3n) is 1.37. The molecular weight excluding hydrogens is 184 g/mol. The monoisotopic (exact) mass is 196 g/mol. The minimum absolute atomic E-state index is 0.0166. The first-order chi connectivity index (χ1) is 6.67. The van der Waals surface area contributed by atoms with E-state index < -0.39 is 17.5 Å². The van der Waals surface area contributed by atoms with Gasteiger partial charge in [0, 0.05) is 6.42 Å². The van der Waals surface area contributed by atoms with Crippen molar-refractivity contribution in [1.29, 1.82) is 0 Å². The summed E-state index contributed by atoms with van der Waals surface area (Å²) in [7, 11) is 0. The van der Waals surface area contributed by atoms with Crippen LogP contribution in [0.15, 0.2) is 12.7 Å². The highest BCUT2D eigenvalue weighted by atomic mass is 16.5. The maximum atomic E-state index is 11.2. The van der Waals surface area contributed by atoms with Gasteiger partial charge in [-0.3, -0.25) is 4.79 Å². The third-order valence-corrected chi connectivity index (χ3v) is 1.37. The Bertz CT molecular complexity index is 290. The lowest BCUT2D eigenvalue weighted by atomic mass is 10.1. The number of nitrogens with zero attached hydrogens (tertiary/aromatic N) is 2. The number of ketones is 1. The third kappa shape index (κ3) is 3.78. The van der Waals surface area contributed by atoms with Gasteiger partial charge >= 0.3 is 11.7 Å². The standard InChI is InChI=1S/C9H12N2O3/c1-3-5-7(12)8(11-10)9(13)14-6-4-2/h4H,2-3,5-6H2,1H3. The molecule has 14 heavy (non-hydrogen) atoms. The number of esters is 1. The molecule has 0 radical (unpaired) electrons. The van der Waals surface area contributed by atoms with Gasteiger partial charge in [-0.25, -0.2) is 4.79 Å². The average molecular weight is 196 g/mol. The maximum Gasteiger partial charge on any atom is 0.441 e. The summed E-state index contributed by atoms with van der Waals surface area (Å²) in [6.45, 7) is 5.10. The van der Waals surface area contributed by atoms with E-state index in [1.54, 1.807) is 6.92 Å². The predicted octanol–water partition coefficient (Wildman–Crippen LogP) is 0.756. The number of hydrogen-bond donors (Lipinski definition) is 0. The van der Waals surface area contributed by atoms with E-state index in [1.807, 2.05) is 0 Å². The minimum Gasteiger partial charge on any atom is -0.453 e. The van der Waals surface area contributed by atoms with Crippen LogP contribution in [-0.2, 0) is 14.3 Å². The molecule has 0 spiro atoms. The Balaban J connectivity index is 4.42. The second kappa shape index (κ2) is 6.74. The van der Waals surface area contributed by atoms with Gasteiger partial charge in [0.25, 0.3) is 5.78 Å². The Morgan fingerprint density at radius 1 is 1.57 bits per heavy atom. The van der Waals surface area contributed by atoms with Gasteiger partial charge in [-0.2, -0.15) is 4.79 Å². The average Bonchev–Trinajstić information content (AvgIpc) is 2.16. The van der Waals surface area contributed by atoms with Crippen LogP contribution in [0.25, 0.3) is 5.53 Å². The second-order valence-electron chi connectivity index (χ2n) is 2.51. The summed E-state index contributed by atoms with van der Waals surface area (Å²) in [5.74, 6) is -1.45. The lowest BCUT2D eigenvalue weighted by Crippen LogP contribution is -2.27. The summed E-state index contributed by atoms with van der Waals surface area (Å²) < 4.78 is 4.54. The van der Waals surface area contributed by atoms with E-state index in [4.69, 9.17) is 5.53 Å². The number of Topliss-reactive ketones (excluding diaryl/α,β-unsaturated/α-hetero) is 1. The largest absolute Gasteiger partial charge is 0.453 e. The highest BCUT2D eigenvalue weighted by Crippen LogP contribution is 1.93. The molecule has 5 nitrogen and oxygen atoms in total. The molecule has 0 aliphatic heterocycles. The van der Waals surface area contributed by atoms with Crippen LogP contribution in [0.2, 0.25) is 0 Å². The Morgan fingerprint density at radius 3 is 2.64 bits per heavy atom. The van der Waals surface area contributed by atoms with Crippen molar-refractivity contribution in [2.45, 2.75) is 19.8 Å². The van der Waals surface area contributed by atoms with E-state index in [2.05, 4.69) is 16.1 Å². The first kappa shape index (κ1) is 12.3. The number of carbonyl (C=O) groups excluding carboxylic acids is 2. The smallest absolute Gasteiger partial charge is 0.441 e. The molecule has 5 heteroatoms. The number of hydrogen-bond acceptors (Lipinski definition) is 3. The zero-order valence-corrected chi connectivity index (χ0v) is 8.02. The molecule has 0 heterocycles. The first-order valence-electron chi connectivity index (χ1n) is 4.20. The fraction of sp³-hybridized carbons (Fsp3) is 0.444. The Hall–Kier alpha value is -1.74. The zero-order chi connectivity index (χ0) is 11.0. The van der Waals surface area contributed by atoms with Gasteiger partial charge in [-0.1, -0.05) is 19.6 Å². The van der Waals surface area contributed by atoms with Crippen molar-refractivity contribution in [3.05, 3.63) is 18.2 Å². The molecule has 0 amide bonds. The lowest BCUT2D eigenvalue weighted by molar-refractivity contribution is -0.141. The van der Waals surface area contributed by atoms with Crippen LogP contribution in [0.4, 0.5) is 0 Å². The van der Waals surface area contributed by atoms with Crippen LogP contribution in [0.1, 0.15) is 19.8 Å². The van der Waals surface area contributed by atoms with Crippen molar-refractivity contribution in [3.63, 3.8) is 0 Å². The van der Waals surface area contributed by atoms with E-state index in [0.29, 0.717) is 6.42 Å². The zero-order valence-electron chi connectivity index (χ0n) is 8.02. The van der Waals surface area contributed by atoms with Crippen LogP contribution < -0.4 is 0 Å². The van der Waals surface area contributed by atoms with Crippen LogP contribution in [0.3, 0.4) is 0 Å². The highest BCUT2D eigenvalue weighted by molar-refractivity contribution is 6.62. The normalized spacial score (nSPS) is 8.64. The predicted molar refractivity (Wildman–Crippen MR) is 49.7 cm³/mol. The quantitative estimate of drug-likeness (QED) is 0.157. The van der Waals surface area contributed by atoms with Crippen molar-refractivity contribution in [3.8, 4) is 0 Å². The minimum atomic E-state index is -0.925. The molecular formula is C9H12N2O3. The summed E-state index contributed by atoms with van der Waals surface area (Å²) in [5.41, 5.74) is 7.87. The van der Waals surface area contributed by atoms with Crippen molar-refractivity contribution in [2.24, 2.45) is 0 Å².